The molecule has 0 unspecified atom stereocenters. The highest BCUT2D eigenvalue weighted by Gasteiger charge is 2.40. The third-order valence-corrected chi connectivity index (χ3v) is 7.48. The SMILES string of the molecule is O=C(C[C@H]1C[C@H]2CC[C@@H]1C2)Nc1nc(-c2ccc3c(c2)CCCC3)cs1. The fourth-order valence-corrected chi connectivity index (χ4v) is 6.13. The molecule has 26 heavy (non-hydrogen) atoms. The zero-order valence-electron chi connectivity index (χ0n) is 15.2. The van der Waals surface area contributed by atoms with E-state index in [0.717, 1.165) is 22.7 Å². The molecule has 2 fully saturated rings. The lowest BCUT2D eigenvalue weighted by molar-refractivity contribution is -0.117. The number of carbonyl (C=O) groups excluding carboxylic acids is 1. The smallest absolute Gasteiger partial charge is 0.226 e. The first-order valence-corrected chi connectivity index (χ1v) is 11.0. The van der Waals surface area contributed by atoms with Crippen molar-refractivity contribution in [3.63, 3.8) is 0 Å². The zero-order chi connectivity index (χ0) is 17.5. The van der Waals surface area contributed by atoms with Crippen molar-refractivity contribution in [3.8, 4) is 11.3 Å². The van der Waals surface area contributed by atoms with Crippen molar-refractivity contribution in [1.82, 2.24) is 4.98 Å². The van der Waals surface area contributed by atoms with E-state index in [1.807, 2.05) is 0 Å². The number of nitrogens with zero attached hydrogens (tertiary/aromatic N) is 1. The molecule has 1 aromatic heterocycles. The van der Waals surface area contributed by atoms with Gasteiger partial charge in [-0.25, -0.2) is 4.98 Å². The van der Waals surface area contributed by atoms with E-state index in [9.17, 15) is 4.79 Å². The third kappa shape index (κ3) is 3.20. The van der Waals surface area contributed by atoms with Gasteiger partial charge < -0.3 is 5.32 Å². The predicted octanol–water partition coefficient (Wildman–Crippen LogP) is 5.45. The standard InChI is InChI=1S/C22H26N2OS/c25-21(12-19-10-14-5-6-17(19)9-14)24-22-23-20(13-26-22)18-8-7-15-3-1-2-4-16(15)11-18/h7-8,11,13-14,17,19H,1-6,9-10,12H2,(H,23,24,25)/t14-,17+,19+/m0/s1. The maximum Gasteiger partial charge on any atom is 0.226 e. The normalized spacial score (nSPS) is 26.7. The summed E-state index contributed by atoms with van der Waals surface area (Å²) >= 11 is 1.54. The first-order valence-electron chi connectivity index (χ1n) is 10.1. The Morgan fingerprint density at radius 3 is 2.85 bits per heavy atom. The van der Waals surface area contributed by atoms with Gasteiger partial charge in [0.1, 0.15) is 0 Å². The molecule has 136 valence electrons. The quantitative estimate of drug-likeness (QED) is 0.781. The van der Waals surface area contributed by atoms with Crippen LogP contribution in [0.15, 0.2) is 23.6 Å². The number of benzene rings is 1. The number of hydrogen-bond acceptors (Lipinski definition) is 3. The summed E-state index contributed by atoms with van der Waals surface area (Å²) in [5, 5.41) is 5.86. The number of rotatable bonds is 4. The summed E-state index contributed by atoms with van der Waals surface area (Å²) in [6, 6.07) is 6.74. The molecule has 0 saturated heterocycles. The lowest BCUT2D eigenvalue weighted by Gasteiger charge is -2.20. The minimum absolute atomic E-state index is 0.147. The average molecular weight is 367 g/mol. The van der Waals surface area contributed by atoms with Crippen LogP contribution in [0.5, 0.6) is 0 Å². The topological polar surface area (TPSA) is 42.0 Å². The number of thiazole rings is 1. The van der Waals surface area contributed by atoms with Gasteiger partial charge in [-0.1, -0.05) is 18.6 Å². The number of amides is 1. The van der Waals surface area contributed by atoms with E-state index in [0.29, 0.717) is 12.3 Å². The summed E-state index contributed by atoms with van der Waals surface area (Å²) < 4.78 is 0. The van der Waals surface area contributed by atoms with Gasteiger partial charge in [-0.15, -0.1) is 11.3 Å². The van der Waals surface area contributed by atoms with Crippen molar-refractivity contribution < 1.29 is 4.79 Å². The Balaban J connectivity index is 1.24. The maximum atomic E-state index is 12.4. The minimum Gasteiger partial charge on any atom is -0.302 e. The van der Waals surface area contributed by atoms with Gasteiger partial charge in [0.15, 0.2) is 5.13 Å². The number of hydrogen-bond donors (Lipinski definition) is 1. The van der Waals surface area contributed by atoms with Gasteiger partial charge in [-0.3, -0.25) is 4.79 Å². The van der Waals surface area contributed by atoms with Crippen LogP contribution in [0, 0.1) is 17.8 Å². The van der Waals surface area contributed by atoms with Crippen molar-refractivity contribution in [2.45, 2.75) is 57.8 Å². The van der Waals surface area contributed by atoms with Gasteiger partial charge in [0.25, 0.3) is 0 Å². The summed E-state index contributed by atoms with van der Waals surface area (Å²) in [4.78, 5) is 17.1. The Hall–Kier alpha value is -1.68. The van der Waals surface area contributed by atoms with Crippen molar-refractivity contribution in [2.24, 2.45) is 17.8 Å². The molecular weight excluding hydrogens is 340 g/mol. The summed E-state index contributed by atoms with van der Waals surface area (Å²) in [6.07, 6.45) is 11.0. The molecule has 3 nitrogen and oxygen atoms in total. The summed E-state index contributed by atoms with van der Waals surface area (Å²) in [6.45, 7) is 0. The van der Waals surface area contributed by atoms with Crippen LogP contribution in [0.25, 0.3) is 11.3 Å². The van der Waals surface area contributed by atoms with Crippen LogP contribution < -0.4 is 5.32 Å². The third-order valence-electron chi connectivity index (χ3n) is 6.73. The number of nitrogens with one attached hydrogen (secondary N) is 1. The van der Waals surface area contributed by atoms with E-state index in [2.05, 4.69) is 33.9 Å². The summed E-state index contributed by atoms with van der Waals surface area (Å²) in [5.74, 6) is 2.45. The molecular formula is C22H26N2OS. The molecule has 0 aliphatic heterocycles. The highest BCUT2D eigenvalue weighted by atomic mass is 32.1. The second kappa shape index (κ2) is 6.80. The lowest BCUT2D eigenvalue weighted by atomic mass is 9.86. The summed E-state index contributed by atoms with van der Waals surface area (Å²) in [5.41, 5.74) is 5.13. The highest BCUT2D eigenvalue weighted by molar-refractivity contribution is 7.14. The second-order valence-corrected chi connectivity index (χ2v) is 9.27. The van der Waals surface area contributed by atoms with Gasteiger partial charge in [0.05, 0.1) is 5.69 Å². The molecule has 2 bridgehead atoms. The van der Waals surface area contributed by atoms with Gasteiger partial charge >= 0.3 is 0 Å². The van der Waals surface area contributed by atoms with Crippen molar-refractivity contribution in [2.75, 3.05) is 5.32 Å². The molecule has 2 saturated carbocycles. The molecule has 5 rings (SSSR count). The van der Waals surface area contributed by atoms with Crippen LogP contribution in [0.2, 0.25) is 0 Å². The number of aryl methyl sites for hydroxylation is 2. The molecule has 3 atom stereocenters. The molecule has 1 N–H and O–H groups in total. The Morgan fingerprint density at radius 2 is 2.04 bits per heavy atom. The molecule has 4 heteroatoms. The second-order valence-electron chi connectivity index (χ2n) is 8.42. The van der Waals surface area contributed by atoms with Gasteiger partial charge in [-0.2, -0.15) is 0 Å². The highest BCUT2D eigenvalue weighted by Crippen LogP contribution is 2.49. The van der Waals surface area contributed by atoms with Gasteiger partial charge in [-0.05, 0) is 79.9 Å². The van der Waals surface area contributed by atoms with Gasteiger partial charge in [0, 0.05) is 17.4 Å². The van der Waals surface area contributed by atoms with E-state index >= 15 is 0 Å². The largest absolute Gasteiger partial charge is 0.302 e. The fraction of sp³-hybridized carbons (Fsp3) is 0.545. The Kier molecular flexibility index (Phi) is 4.32. The van der Waals surface area contributed by atoms with Crippen LogP contribution in [0.4, 0.5) is 5.13 Å². The van der Waals surface area contributed by atoms with Crippen molar-refractivity contribution in [1.29, 1.82) is 0 Å². The Bertz CT molecular complexity index is 827. The van der Waals surface area contributed by atoms with E-state index < -0.39 is 0 Å². The number of fused-ring (bicyclic) bond motifs is 3. The van der Waals surface area contributed by atoms with Crippen LogP contribution in [-0.2, 0) is 17.6 Å². The molecule has 2 aromatic rings. The van der Waals surface area contributed by atoms with Crippen LogP contribution >= 0.6 is 11.3 Å². The summed E-state index contributed by atoms with van der Waals surface area (Å²) in [7, 11) is 0. The Labute approximate surface area is 159 Å². The van der Waals surface area contributed by atoms with Crippen LogP contribution in [0.1, 0.15) is 56.1 Å². The molecule has 0 radical (unpaired) electrons. The molecule has 1 aromatic carbocycles. The van der Waals surface area contributed by atoms with E-state index in [1.165, 1.54) is 68.1 Å². The molecule has 1 amide bonds. The molecule has 3 aliphatic carbocycles. The average Bonchev–Trinajstić information content (AvgIpc) is 3.38. The van der Waals surface area contributed by atoms with Gasteiger partial charge in [0.2, 0.25) is 5.91 Å². The molecule has 1 heterocycles. The number of anilines is 1. The number of carbonyl (C=O) groups is 1. The predicted molar refractivity (Wildman–Crippen MR) is 106 cm³/mol. The number of aromatic nitrogens is 1. The van der Waals surface area contributed by atoms with E-state index in [-0.39, 0.29) is 5.91 Å². The van der Waals surface area contributed by atoms with Crippen molar-refractivity contribution >= 4 is 22.4 Å². The van der Waals surface area contributed by atoms with Crippen LogP contribution in [0.3, 0.4) is 0 Å². The molecule has 0 spiro atoms. The first kappa shape index (κ1) is 16.5. The zero-order valence-corrected chi connectivity index (χ0v) is 16.0. The monoisotopic (exact) mass is 366 g/mol. The van der Waals surface area contributed by atoms with E-state index in [1.54, 1.807) is 11.3 Å². The first-order chi connectivity index (χ1) is 12.7. The van der Waals surface area contributed by atoms with E-state index in [4.69, 9.17) is 0 Å². The minimum atomic E-state index is 0.147. The fourth-order valence-electron chi connectivity index (χ4n) is 5.39. The molecule has 3 aliphatic rings. The maximum absolute atomic E-state index is 12.4. The van der Waals surface area contributed by atoms with Crippen LogP contribution in [-0.4, -0.2) is 10.9 Å². The van der Waals surface area contributed by atoms with Crippen molar-refractivity contribution in [3.05, 3.63) is 34.7 Å². The Morgan fingerprint density at radius 1 is 1.15 bits per heavy atom. The lowest BCUT2D eigenvalue weighted by Crippen LogP contribution is -2.20.